The van der Waals surface area contributed by atoms with Gasteiger partial charge in [0.25, 0.3) is 0 Å². The summed E-state index contributed by atoms with van der Waals surface area (Å²) in [5.74, 6) is 0.980. The fourth-order valence-corrected chi connectivity index (χ4v) is 3.16. The molecular formula is C21H25FN2O4. The van der Waals surface area contributed by atoms with Gasteiger partial charge in [-0.2, -0.15) is 0 Å². The van der Waals surface area contributed by atoms with Gasteiger partial charge in [0.1, 0.15) is 5.82 Å². The first-order chi connectivity index (χ1) is 13.5. The van der Waals surface area contributed by atoms with Gasteiger partial charge >= 0.3 is 0 Å². The van der Waals surface area contributed by atoms with E-state index in [1.165, 1.54) is 33.5 Å². The van der Waals surface area contributed by atoms with E-state index in [0.29, 0.717) is 35.5 Å². The number of amides is 1. The van der Waals surface area contributed by atoms with E-state index in [-0.39, 0.29) is 18.3 Å². The van der Waals surface area contributed by atoms with Crippen molar-refractivity contribution in [2.45, 2.75) is 25.4 Å². The lowest BCUT2D eigenvalue weighted by Crippen LogP contribution is -2.34. The van der Waals surface area contributed by atoms with Crippen LogP contribution in [-0.4, -0.2) is 44.7 Å². The summed E-state index contributed by atoms with van der Waals surface area (Å²) in [7, 11) is 4.58. The fourth-order valence-electron chi connectivity index (χ4n) is 3.16. The number of benzene rings is 2. The Bertz CT molecular complexity index is 814. The lowest BCUT2D eigenvalue weighted by atomic mass is 10.2. The van der Waals surface area contributed by atoms with Gasteiger partial charge in [-0.05, 0) is 30.5 Å². The Hall–Kier alpha value is -2.80. The SMILES string of the molecule is COc1cc(NC(=O)CN(Cc2cccc(F)c2)C2CC2)cc(OC)c1OC. The van der Waals surface area contributed by atoms with Crippen molar-refractivity contribution in [3.05, 3.63) is 47.8 Å². The summed E-state index contributed by atoms with van der Waals surface area (Å²) in [6.07, 6.45) is 2.10. The van der Waals surface area contributed by atoms with E-state index >= 15 is 0 Å². The first-order valence-electron chi connectivity index (χ1n) is 9.12. The first-order valence-corrected chi connectivity index (χ1v) is 9.12. The number of nitrogens with one attached hydrogen (secondary N) is 1. The number of carbonyl (C=O) groups is 1. The molecule has 0 aromatic heterocycles. The highest BCUT2D eigenvalue weighted by Gasteiger charge is 2.30. The number of hydrogen-bond acceptors (Lipinski definition) is 5. The second kappa shape index (κ2) is 8.93. The second-order valence-electron chi connectivity index (χ2n) is 6.73. The molecule has 7 heteroatoms. The topological polar surface area (TPSA) is 60.0 Å². The van der Waals surface area contributed by atoms with E-state index in [0.717, 1.165) is 18.4 Å². The van der Waals surface area contributed by atoms with Crippen LogP contribution in [0.2, 0.25) is 0 Å². The molecule has 3 rings (SSSR count). The number of methoxy groups -OCH3 is 3. The molecule has 0 saturated heterocycles. The predicted molar refractivity (Wildman–Crippen MR) is 105 cm³/mol. The molecule has 1 aliphatic carbocycles. The van der Waals surface area contributed by atoms with E-state index in [2.05, 4.69) is 10.2 Å². The third-order valence-electron chi connectivity index (χ3n) is 4.63. The molecule has 0 radical (unpaired) electrons. The molecule has 1 amide bonds. The molecule has 28 heavy (non-hydrogen) atoms. The van der Waals surface area contributed by atoms with Crippen LogP contribution in [0, 0.1) is 5.82 Å². The van der Waals surface area contributed by atoms with Crippen LogP contribution in [0.5, 0.6) is 17.2 Å². The van der Waals surface area contributed by atoms with Crippen molar-refractivity contribution in [1.29, 1.82) is 0 Å². The molecule has 0 spiro atoms. The highest BCUT2D eigenvalue weighted by Crippen LogP contribution is 2.40. The maximum absolute atomic E-state index is 13.5. The monoisotopic (exact) mass is 388 g/mol. The molecule has 1 fully saturated rings. The van der Waals surface area contributed by atoms with Gasteiger partial charge in [-0.3, -0.25) is 9.69 Å². The number of nitrogens with zero attached hydrogens (tertiary/aromatic N) is 1. The minimum Gasteiger partial charge on any atom is -0.493 e. The predicted octanol–water partition coefficient (Wildman–Crippen LogP) is 3.45. The quantitative estimate of drug-likeness (QED) is 0.713. The minimum atomic E-state index is -0.268. The van der Waals surface area contributed by atoms with Gasteiger partial charge in [-0.15, -0.1) is 0 Å². The van der Waals surface area contributed by atoms with Gasteiger partial charge in [-0.1, -0.05) is 12.1 Å². The van der Waals surface area contributed by atoms with E-state index in [1.54, 1.807) is 18.2 Å². The molecule has 150 valence electrons. The summed E-state index contributed by atoms with van der Waals surface area (Å²) < 4.78 is 29.4. The molecule has 2 aromatic rings. The molecule has 0 bridgehead atoms. The summed E-state index contributed by atoms with van der Waals surface area (Å²) >= 11 is 0. The van der Waals surface area contributed by atoms with Crippen molar-refractivity contribution < 1.29 is 23.4 Å². The molecule has 0 heterocycles. The number of hydrogen-bond donors (Lipinski definition) is 1. The van der Waals surface area contributed by atoms with Crippen LogP contribution in [0.25, 0.3) is 0 Å². The van der Waals surface area contributed by atoms with Crippen molar-refractivity contribution in [2.24, 2.45) is 0 Å². The van der Waals surface area contributed by atoms with Crippen molar-refractivity contribution in [3.8, 4) is 17.2 Å². The molecule has 2 aromatic carbocycles. The smallest absolute Gasteiger partial charge is 0.238 e. The molecule has 0 unspecified atom stereocenters. The van der Waals surface area contributed by atoms with E-state index in [9.17, 15) is 9.18 Å². The average molecular weight is 388 g/mol. The molecule has 0 aliphatic heterocycles. The van der Waals surface area contributed by atoms with Crippen molar-refractivity contribution in [1.82, 2.24) is 4.90 Å². The highest BCUT2D eigenvalue weighted by atomic mass is 19.1. The number of rotatable bonds is 9. The molecule has 1 saturated carbocycles. The van der Waals surface area contributed by atoms with Crippen LogP contribution in [0.1, 0.15) is 18.4 Å². The molecule has 6 nitrogen and oxygen atoms in total. The Balaban J connectivity index is 1.69. The Kier molecular flexibility index (Phi) is 6.36. The minimum absolute atomic E-state index is 0.155. The largest absolute Gasteiger partial charge is 0.493 e. The summed E-state index contributed by atoms with van der Waals surface area (Å²) in [5.41, 5.74) is 1.41. The van der Waals surface area contributed by atoms with Crippen LogP contribution in [0.4, 0.5) is 10.1 Å². The third kappa shape index (κ3) is 4.92. The zero-order chi connectivity index (χ0) is 20.1. The summed E-state index contributed by atoms with van der Waals surface area (Å²) in [6.45, 7) is 0.753. The van der Waals surface area contributed by atoms with E-state index in [1.807, 2.05) is 6.07 Å². The van der Waals surface area contributed by atoms with Gasteiger partial charge in [0.2, 0.25) is 11.7 Å². The Morgan fingerprint density at radius 1 is 1.11 bits per heavy atom. The molecular weight excluding hydrogens is 363 g/mol. The van der Waals surface area contributed by atoms with Crippen LogP contribution >= 0.6 is 0 Å². The zero-order valence-corrected chi connectivity index (χ0v) is 16.3. The second-order valence-corrected chi connectivity index (χ2v) is 6.73. The first kappa shape index (κ1) is 19.9. The average Bonchev–Trinajstić information content (AvgIpc) is 3.52. The fraction of sp³-hybridized carbons (Fsp3) is 0.381. The van der Waals surface area contributed by atoms with Gasteiger partial charge in [0.05, 0.1) is 27.9 Å². The van der Waals surface area contributed by atoms with E-state index < -0.39 is 0 Å². The molecule has 0 atom stereocenters. The maximum atomic E-state index is 13.5. The lowest BCUT2D eigenvalue weighted by molar-refractivity contribution is -0.117. The molecule has 1 aliphatic rings. The Morgan fingerprint density at radius 3 is 2.32 bits per heavy atom. The van der Waals surface area contributed by atoms with E-state index in [4.69, 9.17) is 14.2 Å². The number of anilines is 1. The number of carbonyl (C=O) groups excluding carboxylic acids is 1. The van der Waals surface area contributed by atoms with Gasteiger partial charge in [0.15, 0.2) is 11.5 Å². The third-order valence-corrected chi connectivity index (χ3v) is 4.63. The van der Waals surface area contributed by atoms with Crippen LogP contribution in [0.15, 0.2) is 36.4 Å². The summed E-state index contributed by atoms with van der Waals surface area (Å²) in [6, 6.07) is 10.2. The molecule has 1 N–H and O–H groups in total. The number of ether oxygens (including phenoxy) is 3. The van der Waals surface area contributed by atoms with Gasteiger partial charge < -0.3 is 19.5 Å². The van der Waals surface area contributed by atoms with Crippen molar-refractivity contribution >= 4 is 11.6 Å². The lowest BCUT2D eigenvalue weighted by Gasteiger charge is -2.22. The summed E-state index contributed by atoms with van der Waals surface area (Å²) in [4.78, 5) is 14.7. The van der Waals surface area contributed by atoms with Crippen LogP contribution in [-0.2, 0) is 11.3 Å². The highest BCUT2D eigenvalue weighted by molar-refractivity contribution is 5.93. The summed E-state index contributed by atoms with van der Waals surface area (Å²) in [5, 5.41) is 2.88. The Labute approximate surface area is 164 Å². The van der Waals surface area contributed by atoms with Crippen molar-refractivity contribution in [2.75, 3.05) is 33.2 Å². The standard InChI is InChI=1S/C21H25FN2O4/c1-26-18-10-16(11-19(27-2)21(18)28-3)23-20(25)13-24(17-7-8-17)12-14-5-4-6-15(22)9-14/h4-6,9-11,17H,7-8,12-13H2,1-3H3,(H,23,25). The van der Waals surface area contributed by atoms with Gasteiger partial charge in [0, 0.05) is 30.4 Å². The zero-order valence-electron chi connectivity index (χ0n) is 16.3. The normalized spacial score (nSPS) is 13.3. The number of halogens is 1. The Morgan fingerprint density at radius 2 is 1.79 bits per heavy atom. The van der Waals surface area contributed by atoms with Crippen molar-refractivity contribution in [3.63, 3.8) is 0 Å². The van der Waals surface area contributed by atoms with Gasteiger partial charge in [-0.25, -0.2) is 4.39 Å². The maximum Gasteiger partial charge on any atom is 0.238 e. The van der Waals surface area contributed by atoms with Crippen LogP contribution in [0.3, 0.4) is 0 Å². The van der Waals surface area contributed by atoms with Crippen LogP contribution < -0.4 is 19.5 Å².